The van der Waals surface area contributed by atoms with Gasteiger partial charge in [0.05, 0.1) is 0 Å². The fraction of sp³-hybridized carbons (Fsp3) is 0.750. The van der Waals surface area contributed by atoms with Crippen molar-refractivity contribution >= 4 is 30.8 Å². The highest BCUT2D eigenvalue weighted by atomic mass is 35.5. The molecule has 0 bridgehead atoms. The van der Waals surface area contributed by atoms with Gasteiger partial charge in [-0.05, 0) is 6.92 Å². The summed E-state index contributed by atoms with van der Waals surface area (Å²) < 4.78 is 0. The molecule has 4 nitrogen and oxygen atoms in total. The summed E-state index contributed by atoms with van der Waals surface area (Å²) in [5.41, 5.74) is 10.2. The Hall–Kier alpha value is -0.0300. The molecule has 0 aliphatic rings. The van der Waals surface area contributed by atoms with Crippen LogP contribution in [0.15, 0.2) is 0 Å². The zero-order valence-electron chi connectivity index (χ0n) is 5.48. The molecule has 5 N–H and O–H groups in total. The van der Waals surface area contributed by atoms with Gasteiger partial charge in [0, 0.05) is 6.04 Å². The van der Waals surface area contributed by atoms with E-state index in [0.717, 1.165) is 0 Å². The Balaban J connectivity index is -0.000000245. The molecule has 1 unspecified atom stereocenters. The van der Waals surface area contributed by atoms with Gasteiger partial charge in [-0.2, -0.15) is 0 Å². The number of hydrogen-bond acceptors (Lipinski definition) is 3. The van der Waals surface area contributed by atoms with E-state index in [1.807, 2.05) is 0 Å². The molecule has 2 atom stereocenters. The van der Waals surface area contributed by atoms with Crippen molar-refractivity contribution in [2.45, 2.75) is 19.0 Å². The van der Waals surface area contributed by atoms with Crippen molar-refractivity contribution in [2.75, 3.05) is 0 Å². The second-order valence-electron chi connectivity index (χ2n) is 1.72. The van der Waals surface area contributed by atoms with Gasteiger partial charge in [-0.3, -0.25) is 4.79 Å². The first-order valence-corrected chi connectivity index (χ1v) is 2.29. The molecule has 10 heavy (non-hydrogen) atoms. The van der Waals surface area contributed by atoms with Crippen LogP contribution in [-0.4, -0.2) is 23.2 Å². The molecule has 0 amide bonds. The van der Waals surface area contributed by atoms with E-state index in [1.165, 1.54) is 0 Å². The zero-order valence-corrected chi connectivity index (χ0v) is 7.11. The Bertz CT molecular complexity index is 99.3. The van der Waals surface area contributed by atoms with Gasteiger partial charge in [-0.25, -0.2) is 0 Å². The predicted molar refractivity (Wildman–Crippen MR) is 43.8 cm³/mol. The first-order chi connectivity index (χ1) is 3.55. The van der Waals surface area contributed by atoms with Crippen molar-refractivity contribution in [3.8, 4) is 0 Å². The highest BCUT2D eigenvalue weighted by Gasteiger charge is 2.14. The molecule has 0 heterocycles. The second-order valence-corrected chi connectivity index (χ2v) is 1.72. The van der Waals surface area contributed by atoms with Crippen LogP contribution >= 0.6 is 24.8 Å². The molecule has 0 aromatic rings. The number of carboxylic acids is 1. The van der Waals surface area contributed by atoms with Crippen LogP contribution in [0.1, 0.15) is 6.92 Å². The Morgan fingerprint density at radius 3 is 1.70 bits per heavy atom. The van der Waals surface area contributed by atoms with Gasteiger partial charge in [-0.15, -0.1) is 24.8 Å². The largest absolute Gasteiger partial charge is 0.480 e. The minimum Gasteiger partial charge on any atom is -0.480 e. The van der Waals surface area contributed by atoms with E-state index in [-0.39, 0.29) is 24.8 Å². The van der Waals surface area contributed by atoms with Crippen LogP contribution in [0, 0.1) is 0 Å². The van der Waals surface area contributed by atoms with Gasteiger partial charge in [0.1, 0.15) is 6.04 Å². The van der Waals surface area contributed by atoms with Crippen molar-refractivity contribution in [2.24, 2.45) is 11.5 Å². The van der Waals surface area contributed by atoms with Crippen LogP contribution in [0.3, 0.4) is 0 Å². The second kappa shape index (κ2) is 7.08. The maximum absolute atomic E-state index is 9.94. The SMILES string of the molecule is CC(N)[C@H](N)C(=O)O.Cl.Cl. The smallest absolute Gasteiger partial charge is 0.322 e. The lowest BCUT2D eigenvalue weighted by molar-refractivity contribution is -0.138. The lowest BCUT2D eigenvalue weighted by Crippen LogP contribution is -2.44. The number of carbonyl (C=O) groups is 1. The quantitative estimate of drug-likeness (QED) is 0.553. The lowest BCUT2D eigenvalue weighted by Gasteiger charge is -2.08. The van der Waals surface area contributed by atoms with E-state index >= 15 is 0 Å². The number of hydrogen-bond donors (Lipinski definition) is 3. The van der Waals surface area contributed by atoms with Gasteiger partial charge in [0.2, 0.25) is 0 Å². The summed E-state index contributed by atoms with van der Waals surface area (Å²) >= 11 is 0. The molecule has 0 aromatic heterocycles. The Kier molecular flexibility index (Phi) is 11.7. The number of aliphatic carboxylic acids is 1. The first-order valence-electron chi connectivity index (χ1n) is 2.29. The van der Waals surface area contributed by atoms with Crippen molar-refractivity contribution in [3.05, 3.63) is 0 Å². The van der Waals surface area contributed by atoms with Gasteiger partial charge in [0.25, 0.3) is 0 Å². The summed E-state index contributed by atoms with van der Waals surface area (Å²) in [4.78, 5) is 9.94. The Labute approximate surface area is 71.8 Å². The van der Waals surface area contributed by atoms with Crippen molar-refractivity contribution < 1.29 is 9.90 Å². The number of nitrogens with two attached hydrogens (primary N) is 2. The molecule has 0 rings (SSSR count). The van der Waals surface area contributed by atoms with Gasteiger partial charge in [-0.1, -0.05) is 0 Å². The highest BCUT2D eigenvalue weighted by Crippen LogP contribution is 1.82. The maximum atomic E-state index is 9.94. The van der Waals surface area contributed by atoms with Crippen LogP contribution in [-0.2, 0) is 4.79 Å². The van der Waals surface area contributed by atoms with Gasteiger partial charge < -0.3 is 16.6 Å². The van der Waals surface area contributed by atoms with E-state index < -0.39 is 18.1 Å². The van der Waals surface area contributed by atoms with Crippen molar-refractivity contribution in [1.29, 1.82) is 0 Å². The highest BCUT2D eigenvalue weighted by molar-refractivity contribution is 5.85. The predicted octanol–water partition coefficient (Wildman–Crippen LogP) is -0.411. The average molecular weight is 191 g/mol. The minimum atomic E-state index is -1.06. The van der Waals surface area contributed by atoms with Crippen LogP contribution < -0.4 is 11.5 Å². The summed E-state index contributed by atoms with van der Waals surface area (Å²) in [5.74, 6) is -1.06. The molecule has 0 saturated carbocycles. The summed E-state index contributed by atoms with van der Waals surface area (Å²) in [7, 11) is 0. The number of rotatable bonds is 2. The summed E-state index contributed by atoms with van der Waals surface area (Å²) in [6.07, 6.45) is 0. The van der Waals surface area contributed by atoms with E-state index in [4.69, 9.17) is 16.6 Å². The lowest BCUT2D eigenvalue weighted by atomic mass is 10.2. The Morgan fingerprint density at radius 1 is 1.40 bits per heavy atom. The molecule has 64 valence electrons. The zero-order chi connectivity index (χ0) is 6.73. The fourth-order valence-electron chi connectivity index (χ4n) is 0.225. The van der Waals surface area contributed by atoms with Gasteiger partial charge >= 0.3 is 5.97 Å². The van der Waals surface area contributed by atoms with Crippen LogP contribution in [0.4, 0.5) is 0 Å². The topological polar surface area (TPSA) is 89.3 Å². The van der Waals surface area contributed by atoms with Crippen LogP contribution in [0.5, 0.6) is 0 Å². The third-order valence-corrected chi connectivity index (χ3v) is 0.852. The fourth-order valence-corrected chi connectivity index (χ4v) is 0.225. The summed E-state index contributed by atoms with van der Waals surface area (Å²) in [6.45, 7) is 1.55. The van der Waals surface area contributed by atoms with Crippen molar-refractivity contribution in [3.63, 3.8) is 0 Å². The monoisotopic (exact) mass is 190 g/mol. The standard InChI is InChI=1S/C4H10N2O2.2ClH/c1-2(5)3(6)4(7)8;;/h2-3H,5-6H2,1H3,(H,7,8);2*1H/t2?,3-;;/m0../s1. The van der Waals surface area contributed by atoms with E-state index in [9.17, 15) is 4.79 Å². The van der Waals surface area contributed by atoms with E-state index in [1.54, 1.807) is 6.92 Å². The average Bonchev–Trinajstić information content (AvgIpc) is 1.64. The third-order valence-electron chi connectivity index (χ3n) is 0.852. The first kappa shape index (κ1) is 16.5. The normalized spacial score (nSPS) is 13.9. The summed E-state index contributed by atoms with van der Waals surface area (Å²) in [5, 5.41) is 8.15. The molecule has 0 spiro atoms. The third kappa shape index (κ3) is 6.10. The summed E-state index contributed by atoms with van der Waals surface area (Å²) in [6, 6.07) is -1.41. The molecule has 0 fully saturated rings. The van der Waals surface area contributed by atoms with Crippen LogP contribution in [0.2, 0.25) is 0 Å². The Morgan fingerprint density at radius 2 is 1.70 bits per heavy atom. The molecule has 0 radical (unpaired) electrons. The molecular weight excluding hydrogens is 179 g/mol. The molecule has 0 aliphatic carbocycles. The number of carboxylic acid groups (broad SMARTS) is 1. The molecule has 0 aromatic carbocycles. The molecular formula is C4H12Cl2N2O2. The van der Waals surface area contributed by atoms with Crippen molar-refractivity contribution in [1.82, 2.24) is 0 Å². The minimum absolute atomic E-state index is 0. The molecule has 0 saturated heterocycles. The van der Waals surface area contributed by atoms with Gasteiger partial charge in [0.15, 0.2) is 0 Å². The van der Waals surface area contributed by atoms with E-state index in [2.05, 4.69) is 0 Å². The van der Waals surface area contributed by atoms with Crippen LogP contribution in [0.25, 0.3) is 0 Å². The molecule has 6 heteroatoms. The molecule has 0 aliphatic heterocycles. The maximum Gasteiger partial charge on any atom is 0.322 e. The van der Waals surface area contributed by atoms with E-state index in [0.29, 0.717) is 0 Å². The number of halogens is 2.